The maximum atomic E-state index is 11.3. The monoisotopic (exact) mass is 263 g/mol. The van der Waals surface area contributed by atoms with E-state index in [0.29, 0.717) is 18.7 Å². The second-order valence-corrected chi connectivity index (χ2v) is 3.93. The van der Waals surface area contributed by atoms with Crippen LogP contribution in [0, 0.1) is 0 Å². The van der Waals surface area contributed by atoms with Gasteiger partial charge in [0.15, 0.2) is 0 Å². The Morgan fingerprint density at radius 1 is 1.26 bits per heavy atom. The topological polar surface area (TPSA) is 90.8 Å². The third kappa shape index (κ3) is 6.21. The Hall–Kier alpha value is -2.37. The Kier molecular flexibility index (Phi) is 6.08. The fourth-order valence-corrected chi connectivity index (χ4v) is 1.36. The fraction of sp³-hybridized carbons (Fsp3) is 0.308. The van der Waals surface area contributed by atoms with Crippen LogP contribution in [-0.2, 0) is 4.79 Å². The molecule has 0 spiro atoms. The van der Waals surface area contributed by atoms with E-state index in [4.69, 9.17) is 5.11 Å². The maximum absolute atomic E-state index is 11.3. The lowest BCUT2D eigenvalue weighted by atomic mass is 10.1. The van der Waals surface area contributed by atoms with E-state index in [9.17, 15) is 9.59 Å². The van der Waals surface area contributed by atoms with Crippen molar-refractivity contribution < 1.29 is 14.7 Å². The van der Waals surface area contributed by atoms with Gasteiger partial charge in [0, 0.05) is 13.0 Å². The standard InChI is InChI=1S/C13H17N3O3/c1-10(11-6-3-2-4-7-11)15-16-13(19)14-9-5-8-12(17)18/h2-4,6-7H,5,8-9H2,1H3,(H,17,18)(H2,14,16,19)/b15-10+. The second-order valence-electron chi connectivity index (χ2n) is 3.93. The molecule has 0 aromatic heterocycles. The van der Waals surface area contributed by atoms with Crippen LogP contribution in [0.5, 0.6) is 0 Å². The molecule has 6 heteroatoms. The van der Waals surface area contributed by atoms with Crippen LogP contribution in [0.3, 0.4) is 0 Å². The molecule has 2 amide bonds. The van der Waals surface area contributed by atoms with Gasteiger partial charge < -0.3 is 10.4 Å². The highest BCUT2D eigenvalue weighted by molar-refractivity contribution is 5.99. The van der Waals surface area contributed by atoms with E-state index in [1.807, 2.05) is 30.3 Å². The SMILES string of the molecule is C/C(=N\NC(=O)NCCCC(=O)O)c1ccccc1. The van der Waals surface area contributed by atoms with Crippen LogP contribution in [-0.4, -0.2) is 29.4 Å². The Balaban J connectivity index is 2.31. The molecule has 0 aliphatic heterocycles. The molecule has 3 N–H and O–H groups in total. The lowest BCUT2D eigenvalue weighted by Gasteiger charge is -2.04. The molecule has 0 heterocycles. The van der Waals surface area contributed by atoms with Crippen LogP contribution in [0.2, 0.25) is 0 Å². The first kappa shape index (κ1) is 14.7. The molecule has 102 valence electrons. The van der Waals surface area contributed by atoms with Gasteiger partial charge in [0.25, 0.3) is 0 Å². The Bertz CT molecular complexity index is 457. The highest BCUT2D eigenvalue weighted by Crippen LogP contribution is 1.99. The summed E-state index contributed by atoms with van der Waals surface area (Å²) < 4.78 is 0. The van der Waals surface area contributed by atoms with Gasteiger partial charge >= 0.3 is 12.0 Å². The van der Waals surface area contributed by atoms with E-state index >= 15 is 0 Å². The molecular formula is C13H17N3O3. The molecule has 0 aliphatic carbocycles. The number of urea groups is 1. The van der Waals surface area contributed by atoms with Gasteiger partial charge in [-0.15, -0.1) is 0 Å². The molecule has 6 nitrogen and oxygen atoms in total. The molecule has 0 saturated heterocycles. The maximum Gasteiger partial charge on any atom is 0.335 e. The average molecular weight is 263 g/mol. The van der Waals surface area contributed by atoms with Crippen LogP contribution in [0.4, 0.5) is 4.79 Å². The molecular weight excluding hydrogens is 246 g/mol. The summed E-state index contributed by atoms with van der Waals surface area (Å²) in [7, 11) is 0. The second kappa shape index (κ2) is 7.86. The molecule has 0 bridgehead atoms. The van der Waals surface area contributed by atoms with Crippen molar-refractivity contribution in [1.82, 2.24) is 10.7 Å². The van der Waals surface area contributed by atoms with Gasteiger partial charge in [-0.25, -0.2) is 10.2 Å². The average Bonchev–Trinajstić information content (AvgIpc) is 2.41. The van der Waals surface area contributed by atoms with Crippen molar-refractivity contribution in [3.8, 4) is 0 Å². The minimum Gasteiger partial charge on any atom is -0.481 e. The molecule has 0 unspecified atom stereocenters. The highest BCUT2D eigenvalue weighted by Gasteiger charge is 2.01. The molecule has 1 aromatic carbocycles. The van der Waals surface area contributed by atoms with Gasteiger partial charge in [-0.05, 0) is 18.9 Å². The van der Waals surface area contributed by atoms with Crippen molar-refractivity contribution in [3.63, 3.8) is 0 Å². The Morgan fingerprint density at radius 2 is 1.95 bits per heavy atom. The first-order chi connectivity index (χ1) is 9.09. The summed E-state index contributed by atoms with van der Waals surface area (Å²) in [5.74, 6) is -0.875. The van der Waals surface area contributed by atoms with Crippen molar-refractivity contribution in [2.24, 2.45) is 5.10 Å². The molecule has 0 radical (unpaired) electrons. The number of carboxylic acids is 1. The third-order valence-electron chi connectivity index (χ3n) is 2.37. The Morgan fingerprint density at radius 3 is 2.58 bits per heavy atom. The first-order valence-corrected chi connectivity index (χ1v) is 5.95. The number of benzene rings is 1. The quantitative estimate of drug-likeness (QED) is 0.413. The normalized spacial score (nSPS) is 10.9. The van der Waals surface area contributed by atoms with Crippen molar-refractivity contribution in [2.75, 3.05) is 6.54 Å². The summed E-state index contributed by atoms with van der Waals surface area (Å²) in [5, 5.41) is 14.9. The van der Waals surface area contributed by atoms with Crippen LogP contribution in [0.25, 0.3) is 0 Å². The lowest BCUT2D eigenvalue weighted by molar-refractivity contribution is -0.137. The van der Waals surface area contributed by atoms with Gasteiger partial charge in [0.2, 0.25) is 0 Å². The molecule has 1 rings (SSSR count). The van der Waals surface area contributed by atoms with Crippen LogP contribution >= 0.6 is 0 Å². The number of carboxylic acid groups (broad SMARTS) is 1. The summed E-state index contributed by atoms with van der Waals surface area (Å²) in [6.45, 7) is 2.10. The van der Waals surface area contributed by atoms with Gasteiger partial charge in [0.1, 0.15) is 0 Å². The predicted octanol–water partition coefficient (Wildman–Crippen LogP) is 1.57. The first-order valence-electron chi connectivity index (χ1n) is 5.95. The summed E-state index contributed by atoms with van der Waals surface area (Å²) in [4.78, 5) is 21.6. The molecule has 0 atom stereocenters. The summed E-state index contributed by atoms with van der Waals surface area (Å²) in [6.07, 6.45) is 0.427. The minimum atomic E-state index is -0.875. The van der Waals surface area contributed by atoms with E-state index in [1.54, 1.807) is 6.92 Å². The van der Waals surface area contributed by atoms with Gasteiger partial charge in [0.05, 0.1) is 5.71 Å². The van der Waals surface area contributed by atoms with Crippen LogP contribution in [0.15, 0.2) is 35.4 Å². The van der Waals surface area contributed by atoms with Gasteiger partial charge in [-0.3, -0.25) is 4.79 Å². The number of rotatable bonds is 6. The zero-order valence-electron chi connectivity index (χ0n) is 10.7. The third-order valence-corrected chi connectivity index (χ3v) is 2.37. The fourth-order valence-electron chi connectivity index (χ4n) is 1.36. The van der Waals surface area contributed by atoms with Crippen LogP contribution in [0.1, 0.15) is 25.3 Å². The number of carbonyl (C=O) groups is 2. The zero-order valence-corrected chi connectivity index (χ0v) is 10.7. The number of aliphatic carboxylic acids is 1. The van der Waals surface area contributed by atoms with Crippen LogP contribution < -0.4 is 10.7 Å². The van der Waals surface area contributed by atoms with Gasteiger partial charge in [-0.1, -0.05) is 30.3 Å². The zero-order chi connectivity index (χ0) is 14.1. The van der Waals surface area contributed by atoms with Crippen molar-refractivity contribution in [2.45, 2.75) is 19.8 Å². The van der Waals surface area contributed by atoms with Crippen molar-refractivity contribution in [3.05, 3.63) is 35.9 Å². The largest absolute Gasteiger partial charge is 0.481 e. The van der Waals surface area contributed by atoms with E-state index in [0.717, 1.165) is 5.56 Å². The van der Waals surface area contributed by atoms with E-state index < -0.39 is 12.0 Å². The lowest BCUT2D eigenvalue weighted by Crippen LogP contribution is -2.33. The molecule has 0 aliphatic rings. The van der Waals surface area contributed by atoms with Crippen molar-refractivity contribution in [1.29, 1.82) is 0 Å². The number of hydrogen-bond acceptors (Lipinski definition) is 3. The minimum absolute atomic E-state index is 0.0343. The molecule has 1 aromatic rings. The molecule has 19 heavy (non-hydrogen) atoms. The number of hydrazone groups is 1. The Labute approximate surface area is 111 Å². The number of nitrogens with zero attached hydrogens (tertiary/aromatic N) is 1. The molecule has 0 fully saturated rings. The summed E-state index contributed by atoms with van der Waals surface area (Å²) in [5.41, 5.74) is 3.98. The van der Waals surface area contributed by atoms with Crippen molar-refractivity contribution >= 4 is 17.7 Å². The molecule has 0 saturated carbocycles. The summed E-state index contributed by atoms with van der Waals surface area (Å²) >= 11 is 0. The number of hydrogen-bond donors (Lipinski definition) is 3. The van der Waals surface area contributed by atoms with E-state index in [2.05, 4.69) is 15.8 Å². The van der Waals surface area contributed by atoms with E-state index in [-0.39, 0.29) is 6.42 Å². The number of nitrogens with one attached hydrogen (secondary N) is 2. The highest BCUT2D eigenvalue weighted by atomic mass is 16.4. The number of carbonyl (C=O) groups excluding carboxylic acids is 1. The number of amides is 2. The van der Waals surface area contributed by atoms with E-state index in [1.165, 1.54) is 0 Å². The van der Waals surface area contributed by atoms with Gasteiger partial charge in [-0.2, -0.15) is 5.10 Å². The predicted molar refractivity (Wildman–Crippen MR) is 72.1 cm³/mol. The summed E-state index contributed by atoms with van der Waals surface area (Å²) in [6, 6.07) is 9.03. The smallest absolute Gasteiger partial charge is 0.335 e.